The molecule has 4 heteroatoms. The Bertz CT molecular complexity index is 635. The van der Waals surface area contributed by atoms with Crippen molar-refractivity contribution in [1.29, 1.82) is 5.26 Å². The van der Waals surface area contributed by atoms with Crippen molar-refractivity contribution in [3.8, 4) is 6.07 Å². The third-order valence-electron chi connectivity index (χ3n) is 3.25. The molecule has 92 valence electrons. The van der Waals surface area contributed by atoms with Gasteiger partial charge in [-0.1, -0.05) is 0 Å². The number of hydrogen-bond donors (Lipinski definition) is 0. The Labute approximate surface area is 105 Å². The summed E-state index contributed by atoms with van der Waals surface area (Å²) >= 11 is 0. The average molecular weight is 243 g/mol. The molecule has 0 fully saturated rings. The summed E-state index contributed by atoms with van der Waals surface area (Å²) in [6.45, 7) is 6.34. The second kappa shape index (κ2) is 4.61. The van der Waals surface area contributed by atoms with Crippen LogP contribution in [-0.4, -0.2) is 9.78 Å². The lowest BCUT2D eigenvalue weighted by Crippen LogP contribution is -2.06. The molecule has 1 aromatic heterocycles. The Morgan fingerprint density at radius 2 is 2.06 bits per heavy atom. The minimum absolute atomic E-state index is 0.331. The Hall–Kier alpha value is -2.15. The molecule has 0 unspecified atom stereocenters. The number of halogens is 1. The van der Waals surface area contributed by atoms with Crippen molar-refractivity contribution in [2.45, 2.75) is 27.3 Å². The summed E-state index contributed by atoms with van der Waals surface area (Å²) in [5.41, 5.74) is 4.28. The number of aromatic nitrogens is 2. The largest absolute Gasteiger partial charge is 0.265 e. The van der Waals surface area contributed by atoms with Crippen molar-refractivity contribution >= 4 is 0 Å². The topological polar surface area (TPSA) is 41.6 Å². The fourth-order valence-electron chi connectivity index (χ4n) is 1.90. The zero-order valence-corrected chi connectivity index (χ0v) is 10.7. The minimum Gasteiger partial charge on any atom is -0.265 e. The Kier molecular flexibility index (Phi) is 3.15. The molecular weight excluding hydrogens is 229 g/mol. The van der Waals surface area contributed by atoms with Crippen LogP contribution in [0.4, 0.5) is 4.39 Å². The fourth-order valence-corrected chi connectivity index (χ4v) is 1.90. The van der Waals surface area contributed by atoms with E-state index in [-0.39, 0.29) is 5.82 Å². The predicted molar refractivity (Wildman–Crippen MR) is 66.7 cm³/mol. The molecule has 2 rings (SSSR count). The van der Waals surface area contributed by atoms with Crippen LogP contribution in [0.15, 0.2) is 18.2 Å². The van der Waals surface area contributed by atoms with Crippen LogP contribution in [0.5, 0.6) is 0 Å². The van der Waals surface area contributed by atoms with Crippen LogP contribution in [0, 0.1) is 37.9 Å². The summed E-state index contributed by atoms with van der Waals surface area (Å²) in [6.07, 6.45) is 0. The van der Waals surface area contributed by atoms with E-state index in [0.717, 1.165) is 17.0 Å². The Morgan fingerprint density at radius 3 is 2.61 bits per heavy atom. The second-order valence-electron chi connectivity index (χ2n) is 4.37. The van der Waals surface area contributed by atoms with E-state index in [1.165, 1.54) is 18.2 Å². The standard InChI is InChI=1S/C14H14FN3/c1-9-10(2)17-18(11(9)3)8-13-6-14(15)5-4-12(13)7-16/h4-6H,8H2,1-3H3. The maximum atomic E-state index is 13.2. The van der Waals surface area contributed by atoms with Gasteiger partial charge >= 0.3 is 0 Å². The first-order valence-corrected chi connectivity index (χ1v) is 5.72. The van der Waals surface area contributed by atoms with Crippen molar-refractivity contribution in [1.82, 2.24) is 9.78 Å². The average Bonchev–Trinajstić information content (AvgIpc) is 2.57. The summed E-state index contributed by atoms with van der Waals surface area (Å²) in [7, 11) is 0. The third kappa shape index (κ3) is 2.12. The molecule has 0 saturated heterocycles. The van der Waals surface area contributed by atoms with Gasteiger partial charge in [-0.15, -0.1) is 0 Å². The molecule has 0 aliphatic rings. The lowest BCUT2D eigenvalue weighted by Gasteiger charge is -2.07. The van der Waals surface area contributed by atoms with Crippen LogP contribution in [0.1, 0.15) is 28.1 Å². The van der Waals surface area contributed by atoms with Crippen molar-refractivity contribution < 1.29 is 4.39 Å². The fraction of sp³-hybridized carbons (Fsp3) is 0.286. The van der Waals surface area contributed by atoms with Gasteiger partial charge in [0.05, 0.1) is 23.9 Å². The van der Waals surface area contributed by atoms with E-state index < -0.39 is 0 Å². The van der Waals surface area contributed by atoms with E-state index in [9.17, 15) is 4.39 Å². The SMILES string of the molecule is Cc1nn(Cc2cc(F)ccc2C#N)c(C)c1C. The van der Waals surface area contributed by atoms with Gasteiger partial charge in [0.15, 0.2) is 0 Å². The first-order chi connectivity index (χ1) is 8.52. The molecule has 1 aromatic carbocycles. The molecule has 0 aliphatic heterocycles. The number of nitrogens with zero attached hydrogens (tertiary/aromatic N) is 3. The molecular formula is C14H14FN3. The van der Waals surface area contributed by atoms with Gasteiger partial charge in [0.25, 0.3) is 0 Å². The highest BCUT2D eigenvalue weighted by Crippen LogP contribution is 2.16. The molecule has 0 amide bonds. The number of benzene rings is 1. The van der Waals surface area contributed by atoms with E-state index in [1.54, 1.807) is 4.68 Å². The monoisotopic (exact) mass is 243 g/mol. The summed E-state index contributed by atoms with van der Waals surface area (Å²) < 4.78 is 15.0. The molecule has 3 nitrogen and oxygen atoms in total. The highest BCUT2D eigenvalue weighted by Gasteiger charge is 2.10. The van der Waals surface area contributed by atoms with E-state index in [0.29, 0.717) is 17.7 Å². The van der Waals surface area contributed by atoms with Gasteiger partial charge in [-0.3, -0.25) is 4.68 Å². The van der Waals surface area contributed by atoms with Crippen LogP contribution in [0.25, 0.3) is 0 Å². The van der Waals surface area contributed by atoms with Crippen LogP contribution in [-0.2, 0) is 6.54 Å². The quantitative estimate of drug-likeness (QED) is 0.813. The normalized spacial score (nSPS) is 10.4. The lowest BCUT2D eigenvalue weighted by atomic mass is 10.1. The van der Waals surface area contributed by atoms with Gasteiger partial charge in [0, 0.05) is 5.69 Å². The van der Waals surface area contributed by atoms with Gasteiger partial charge in [-0.2, -0.15) is 10.4 Å². The summed E-state index contributed by atoms with van der Waals surface area (Å²) in [4.78, 5) is 0. The number of nitriles is 1. The van der Waals surface area contributed by atoms with E-state index in [1.807, 2.05) is 20.8 Å². The van der Waals surface area contributed by atoms with Crippen LogP contribution in [0.3, 0.4) is 0 Å². The van der Waals surface area contributed by atoms with Crippen LogP contribution in [0.2, 0.25) is 0 Å². The first-order valence-electron chi connectivity index (χ1n) is 5.72. The zero-order valence-electron chi connectivity index (χ0n) is 10.7. The number of aryl methyl sites for hydroxylation is 1. The molecule has 18 heavy (non-hydrogen) atoms. The van der Waals surface area contributed by atoms with Crippen LogP contribution >= 0.6 is 0 Å². The van der Waals surface area contributed by atoms with Gasteiger partial charge in [0.2, 0.25) is 0 Å². The highest BCUT2D eigenvalue weighted by molar-refractivity contribution is 5.38. The Morgan fingerprint density at radius 1 is 1.33 bits per heavy atom. The number of rotatable bonds is 2. The first kappa shape index (κ1) is 12.3. The molecule has 0 aliphatic carbocycles. The van der Waals surface area contributed by atoms with Crippen molar-refractivity contribution in [3.05, 3.63) is 52.1 Å². The van der Waals surface area contributed by atoms with Gasteiger partial charge in [0.1, 0.15) is 5.82 Å². The summed E-state index contributed by atoms with van der Waals surface area (Å²) in [5.74, 6) is -0.331. The van der Waals surface area contributed by atoms with E-state index in [4.69, 9.17) is 5.26 Å². The molecule has 0 radical (unpaired) electrons. The van der Waals surface area contributed by atoms with Crippen molar-refractivity contribution in [2.24, 2.45) is 0 Å². The summed E-state index contributed by atoms with van der Waals surface area (Å²) in [6, 6.07) is 6.27. The maximum Gasteiger partial charge on any atom is 0.123 e. The third-order valence-corrected chi connectivity index (χ3v) is 3.25. The molecule has 0 saturated carbocycles. The van der Waals surface area contributed by atoms with E-state index in [2.05, 4.69) is 11.2 Å². The van der Waals surface area contributed by atoms with Gasteiger partial charge < -0.3 is 0 Å². The highest BCUT2D eigenvalue weighted by atomic mass is 19.1. The van der Waals surface area contributed by atoms with Gasteiger partial charge in [-0.05, 0) is 50.1 Å². The zero-order chi connectivity index (χ0) is 13.3. The molecule has 2 aromatic rings. The minimum atomic E-state index is -0.331. The lowest BCUT2D eigenvalue weighted by molar-refractivity contribution is 0.615. The number of hydrogen-bond acceptors (Lipinski definition) is 2. The molecule has 0 N–H and O–H groups in total. The molecule has 0 spiro atoms. The predicted octanol–water partition coefficient (Wildman–Crippen LogP) is 2.87. The maximum absolute atomic E-state index is 13.2. The van der Waals surface area contributed by atoms with Gasteiger partial charge in [-0.25, -0.2) is 4.39 Å². The summed E-state index contributed by atoms with van der Waals surface area (Å²) in [5, 5.41) is 13.4. The van der Waals surface area contributed by atoms with E-state index >= 15 is 0 Å². The van der Waals surface area contributed by atoms with Crippen molar-refractivity contribution in [2.75, 3.05) is 0 Å². The second-order valence-corrected chi connectivity index (χ2v) is 4.37. The van der Waals surface area contributed by atoms with Crippen molar-refractivity contribution in [3.63, 3.8) is 0 Å². The van der Waals surface area contributed by atoms with Crippen LogP contribution < -0.4 is 0 Å². The molecule has 0 bridgehead atoms. The Balaban J connectivity index is 2.43. The molecule has 1 heterocycles. The smallest absolute Gasteiger partial charge is 0.123 e. The molecule has 0 atom stereocenters.